The Labute approximate surface area is 214 Å². The van der Waals surface area contributed by atoms with Gasteiger partial charge in [-0.1, -0.05) is 84.9 Å². The van der Waals surface area contributed by atoms with E-state index in [9.17, 15) is 24.6 Å². The van der Waals surface area contributed by atoms with Crippen molar-refractivity contribution in [1.29, 1.82) is 0 Å². The van der Waals surface area contributed by atoms with Gasteiger partial charge in [-0.05, 0) is 35.4 Å². The summed E-state index contributed by atoms with van der Waals surface area (Å²) in [6.45, 7) is 0.303. The molecule has 37 heavy (non-hydrogen) atoms. The molecule has 0 saturated carbocycles. The third-order valence-corrected chi connectivity index (χ3v) is 5.11. The average molecular weight is 499 g/mol. The lowest BCUT2D eigenvalue weighted by atomic mass is 10.1. The van der Waals surface area contributed by atoms with Crippen LogP contribution >= 0.6 is 0 Å². The maximum Gasteiger partial charge on any atom is 0.349 e. The second-order valence-corrected chi connectivity index (χ2v) is 7.83. The number of hydrogen-bond donors (Lipinski definition) is 2. The summed E-state index contributed by atoms with van der Waals surface area (Å²) in [4.78, 5) is 34.9. The number of esters is 3. The summed E-state index contributed by atoms with van der Waals surface area (Å²) in [5, 5.41) is 19.0. The van der Waals surface area contributed by atoms with Crippen molar-refractivity contribution in [2.75, 3.05) is 6.61 Å². The highest BCUT2D eigenvalue weighted by atomic mass is 16.6. The molecular weight excluding hydrogens is 472 g/mol. The van der Waals surface area contributed by atoms with Crippen LogP contribution in [0.4, 0.5) is 0 Å². The lowest BCUT2D eigenvalue weighted by Gasteiger charge is -2.06. The fourth-order valence-corrected chi connectivity index (χ4v) is 3.23. The SMILES string of the molecule is O=C(Cc1ccccc1)OC(=O)c1ccccc1O.O=C(OCCc1ccccc1)c1ccccc1O. The molecule has 188 valence electrons. The van der Waals surface area contributed by atoms with Crippen molar-refractivity contribution in [3.63, 3.8) is 0 Å². The van der Waals surface area contributed by atoms with Crippen molar-refractivity contribution in [3.05, 3.63) is 131 Å². The number of phenolic OH excluding ortho intramolecular Hbond substituents is 2. The first kappa shape index (κ1) is 26.7. The molecule has 0 amide bonds. The highest BCUT2D eigenvalue weighted by Gasteiger charge is 2.16. The zero-order valence-corrected chi connectivity index (χ0v) is 19.9. The second kappa shape index (κ2) is 13.8. The van der Waals surface area contributed by atoms with Gasteiger partial charge >= 0.3 is 17.9 Å². The number of carbonyl (C=O) groups is 3. The highest BCUT2D eigenvalue weighted by molar-refractivity contribution is 5.99. The van der Waals surface area contributed by atoms with Crippen LogP contribution in [0, 0.1) is 0 Å². The number of aromatic hydroxyl groups is 2. The molecule has 0 bridgehead atoms. The number of benzene rings is 4. The van der Waals surface area contributed by atoms with Crippen LogP contribution in [0.3, 0.4) is 0 Å². The van der Waals surface area contributed by atoms with Crippen molar-refractivity contribution in [2.24, 2.45) is 0 Å². The van der Waals surface area contributed by atoms with Crippen LogP contribution in [0.25, 0.3) is 0 Å². The molecule has 0 aliphatic rings. The van der Waals surface area contributed by atoms with E-state index in [1.54, 1.807) is 54.6 Å². The van der Waals surface area contributed by atoms with Crippen molar-refractivity contribution in [1.82, 2.24) is 0 Å². The van der Waals surface area contributed by atoms with Crippen molar-refractivity contribution in [3.8, 4) is 11.5 Å². The topological polar surface area (TPSA) is 110 Å². The molecule has 4 aromatic carbocycles. The van der Waals surface area contributed by atoms with Crippen LogP contribution in [0.15, 0.2) is 109 Å². The summed E-state index contributed by atoms with van der Waals surface area (Å²) in [5.41, 5.74) is 2.05. The molecule has 7 nitrogen and oxygen atoms in total. The Hall–Kier alpha value is -4.91. The van der Waals surface area contributed by atoms with E-state index in [2.05, 4.69) is 4.74 Å². The molecule has 0 aliphatic heterocycles. The Bertz CT molecular complexity index is 1320. The quantitative estimate of drug-likeness (QED) is 0.269. The standard InChI is InChI=1S/C15H12O4.C15H14O3/c16-13-9-5-4-8-12(13)15(18)19-14(17)10-11-6-2-1-3-7-11;16-14-9-5-4-8-13(14)15(17)18-11-10-12-6-2-1-3-7-12/h1-9,16H,10H2;1-9,16H,10-11H2. The van der Waals surface area contributed by atoms with Crippen LogP contribution in [-0.4, -0.2) is 34.7 Å². The Balaban J connectivity index is 0.000000206. The van der Waals surface area contributed by atoms with Gasteiger partial charge in [0.2, 0.25) is 0 Å². The van der Waals surface area contributed by atoms with Gasteiger partial charge in [0.05, 0.1) is 13.0 Å². The van der Waals surface area contributed by atoms with Crippen LogP contribution in [-0.2, 0) is 27.1 Å². The molecule has 0 atom stereocenters. The summed E-state index contributed by atoms with van der Waals surface area (Å²) >= 11 is 0. The van der Waals surface area contributed by atoms with Crippen LogP contribution in [0.1, 0.15) is 31.8 Å². The van der Waals surface area contributed by atoms with Crippen LogP contribution < -0.4 is 0 Å². The first-order valence-electron chi connectivity index (χ1n) is 11.5. The number of ether oxygens (including phenoxy) is 2. The van der Waals surface area contributed by atoms with E-state index in [1.807, 2.05) is 36.4 Å². The molecule has 4 aromatic rings. The van der Waals surface area contributed by atoms with Gasteiger partial charge in [-0.25, -0.2) is 9.59 Å². The van der Waals surface area contributed by atoms with Gasteiger partial charge in [-0.3, -0.25) is 4.79 Å². The summed E-state index contributed by atoms with van der Waals surface area (Å²) in [7, 11) is 0. The molecule has 4 rings (SSSR count). The Morgan fingerprint density at radius 1 is 0.568 bits per heavy atom. The van der Waals surface area contributed by atoms with E-state index in [4.69, 9.17) is 4.74 Å². The number of phenols is 2. The van der Waals surface area contributed by atoms with Gasteiger partial charge < -0.3 is 19.7 Å². The van der Waals surface area contributed by atoms with Gasteiger partial charge in [0.25, 0.3) is 0 Å². The van der Waals surface area contributed by atoms with E-state index in [-0.39, 0.29) is 29.0 Å². The number of para-hydroxylation sites is 2. The fourth-order valence-electron chi connectivity index (χ4n) is 3.23. The number of rotatable bonds is 7. The smallest absolute Gasteiger partial charge is 0.349 e. The largest absolute Gasteiger partial charge is 0.507 e. The van der Waals surface area contributed by atoms with Gasteiger partial charge in [0, 0.05) is 6.42 Å². The van der Waals surface area contributed by atoms with E-state index in [1.165, 1.54) is 18.2 Å². The molecule has 0 aliphatic carbocycles. The predicted molar refractivity (Wildman–Crippen MR) is 137 cm³/mol. The van der Waals surface area contributed by atoms with E-state index >= 15 is 0 Å². The third kappa shape index (κ3) is 8.67. The Morgan fingerprint density at radius 3 is 1.57 bits per heavy atom. The minimum atomic E-state index is -0.848. The molecule has 2 N–H and O–H groups in total. The zero-order chi connectivity index (χ0) is 26.5. The van der Waals surface area contributed by atoms with Gasteiger partial charge in [0.15, 0.2) is 0 Å². The van der Waals surface area contributed by atoms with E-state index in [0.717, 1.165) is 11.1 Å². The summed E-state index contributed by atoms with van der Waals surface area (Å²) in [6.07, 6.45) is 0.681. The minimum Gasteiger partial charge on any atom is -0.507 e. The summed E-state index contributed by atoms with van der Waals surface area (Å²) in [6, 6.07) is 31.0. The molecular formula is C30H26O7. The maximum atomic E-state index is 11.7. The molecule has 0 heterocycles. The van der Waals surface area contributed by atoms with Gasteiger partial charge in [-0.2, -0.15) is 0 Å². The fraction of sp³-hybridized carbons (Fsp3) is 0.100. The molecule has 0 saturated heterocycles. The summed E-state index contributed by atoms with van der Waals surface area (Å²) < 4.78 is 9.80. The molecule has 0 unspecified atom stereocenters. The number of hydrogen-bond acceptors (Lipinski definition) is 7. The normalized spacial score (nSPS) is 9.95. The monoisotopic (exact) mass is 498 g/mol. The highest BCUT2D eigenvalue weighted by Crippen LogP contribution is 2.17. The number of carbonyl (C=O) groups excluding carboxylic acids is 3. The lowest BCUT2D eigenvalue weighted by Crippen LogP contribution is -2.14. The van der Waals surface area contributed by atoms with Crippen molar-refractivity contribution < 1.29 is 34.1 Å². The van der Waals surface area contributed by atoms with Gasteiger partial charge in [-0.15, -0.1) is 0 Å². The van der Waals surface area contributed by atoms with Crippen molar-refractivity contribution >= 4 is 17.9 Å². The average Bonchev–Trinajstić information content (AvgIpc) is 2.90. The van der Waals surface area contributed by atoms with E-state index in [0.29, 0.717) is 13.0 Å². The molecule has 0 spiro atoms. The zero-order valence-electron chi connectivity index (χ0n) is 19.9. The van der Waals surface area contributed by atoms with Crippen molar-refractivity contribution in [2.45, 2.75) is 12.8 Å². The first-order valence-corrected chi connectivity index (χ1v) is 11.5. The predicted octanol–water partition coefficient (Wildman–Crippen LogP) is 5.11. The molecule has 0 aromatic heterocycles. The Kier molecular flexibility index (Phi) is 9.99. The Morgan fingerprint density at radius 2 is 1.03 bits per heavy atom. The minimum absolute atomic E-state index is 0.0141. The molecule has 7 heteroatoms. The van der Waals surface area contributed by atoms with Gasteiger partial charge in [0.1, 0.15) is 22.6 Å². The molecule has 0 radical (unpaired) electrons. The third-order valence-electron chi connectivity index (χ3n) is 5.11. The second-order valence-electron chi connectivity index (χ2n) is 7.83. The molecule has 0 fully saturated rings. The van der Waals surface area contributed by atoms with Crippen LogP contribution in [0.2, 0.25) is 0 Å². The lowest BCUT2D eigenvalue weighted by molar-refractivity contribution is -0.137. The summed E-state index contributed by atoms with van der Waals surface area (Å²) in [5.74, 6) is -2.26. The first-order chi connectivity index (χ1) is 17.9. The van der Waals surface area contributed by atoms with E-state index < -0.39 is 17.9 Å². The maximum absolute atomic E-state index is 11.7. The van der Waals surface area contributed by atoms with Crippen LogP contribution in [0.5, 0.6) is 11.5 Å².